The summed E-state index contributed by atoms with van der Waals surface area (Å²) in [5.74, 6) is 0.279. The van der Waals surface area contributed by atoms with E-state index in [-0.39, 0.29) is 11.3 Å². The molecule has 0 unspecified atom stereocenters. The highest BCUT2D eigenvalue weighted by atomic mass is 35.5. The summed E-state index contributed by atoms with van der Waals surface area (Å²) in [4.78, 5) is 25.5. The third-order valence-electron chi connectivity index (χ3n) is 5.80. The van der Waals surface area contributed by atoms with Crippen molar-refractivity contribution in [1.29, 1.82) is 0 Å². The normalized spacial score (nSPS) is 11.9. The summed E-state index contributed by atoms with van der Waals surface area (Å²) in [5.41, 5.74) is 1.49. The molecule has 0 aliphatic carbocycles. The van der Waals surface area contributed by atoms with Crippen LogP contribution in [-0.4, -0.2) is 11.5 Å². The highest BCUT2D eigenvalue weighted by molar-refractivity contribution is 6.33. The van der Waals surface area contributed by atoms with Crippen molar-refractivity contribution in [2.24, 2.45) is 0 Å². The highest BCUT2D eigenvalue weighted by Crippen LogP contribution is 2.31. The first-order chi connectivity index (χ1) is 16.4. The van der Waals surface area contributed by atoms with E-state index in [2.05, 4.69) is 26.1 Å². The fourth-order valence-corrected chi connectivity index (χ4v) is 3.99. The first-order valence-electron chi connectivity index (χ1n) is 11.4. The molecule has 6 heteroatoms. The van der Waals surface area contributed by atoms with E-state index in [0.717, 1.165) is 5.39 Å². The van der Waals surface area contributed by atoms with Crippen molar-refractivity contribution < 1.29 is 13.9 Å². The third kappa shape index (κ3) is 5.41. The fourth-order valence-electron chi connectivity index (χ4n) is 3.71. The molecule has 35 heavy (non-hydrogen) atoms. The quantitative estimate of drug-likeness (QED) is 0.301. The Kier molecular flexibility index (Phi) is 6.48. The van der Waals surface area contributed by atoms with Crippen molar-refractivity contribution in [1.82, 2.24) is 0 Å². The Balaban J connectivity index is 1.51. The van der Waals surface area contributed by atoms with Gasteiger partial charge in [-0.1, -0.05) is 68.8 Å². The van der Waals surface area contributed by atoms with Gasteiger partial charge in [-0.05, 0) is 61.2 Å². The van der Waals surface area contributed by atoms with Crippen LogP contribution in [-0.2, 0) is 10.2 Å². The molecular formula is C29H28ClNO4. The van der Waals surface area contributed by atoms with Crippen molar-refractivity contribution in [2.75, 3.05) is 5.32 Å². The molecule has 5 nitrogen and oxygen atoms in total. The minimum Gasteiger partial charge on any atom is -0.478 e. The van der Waals surface area contributed by atoms with Crippen molar-refractivity contribution in [2.45, 2.75) is 45.6 Å². The number of hydrogen-bond donors (Lipinski definition) is 1. The summed E-state index contributed by atoms with van der Waals surface area (Å²) in [7, 11) is 0. The lowest BCUT2D eigenvalue weighted by atomic mass is 9.87. The zero-order valence-corrected chi connectivity index (χ0v) is 21.2. The zero-order chi connectivity index (χ0) is 25.4. The van der Waals surface area contributed by atoms with Crippen LogP contribution < -0.4 is 15.7 Å². The van der Waals surface area contributed by atoms with Gasteiger partial charge in [0.2, 0.25) is 0 Å². The number of carbonyl (C=O) groups excluding carboxylic acids is 1. The van der Waals surface area contributed by atoms with Crippen molar-refractivity contribution in [3.8, 4) is 16.9 Å². The number of anilines is 1. The van der Waals surface area contributed by atoms with E-state index in [0.29, 0.717) is 33.2 Å². The second kappa shape index (κ2) is 9.23. The topological polar surface area (TPSA) is 68.5 Å². The van der Waals surface area contributed by atoms with E-state index in [1.165, 1.54) is 5.56 Å². The summed E-state index contributed by atoms with van der Waals surface area (Å²) in [5, 5.41) is 3.97. The number of halogens is 1. The van der Waals surface area contributed by atoms with Gasteiger partial charge < -0.3 is 14.5 Å². The SMILES string of the molecule is CC(C)(Oc1ccc(C(C)(C)C)cc1)C(=O)Nc1ccc(-c2cc3ccccc3oc2=O)c(Cl)c1. The van der Waals surface area contributed by atoms with E-state index in [1.807, 2.05) is 42.5 Å². The van der Waals surface area contributed by atoms with Crippen molar-refractivity contribution in [3.05, 3.63) is 93.8 Å². The number of nitrogens with one attached hydrogen (secondary N) is 1. The van der Waals surface area contributed by atoms with Crippen LogP contribution in [0.5, 0.6) is 5.75 Å². The molecule has 0 radical (unpaired) electrons. The van der Waals surface area contributed by atoms with Crippen LogP contribution in [0.15, 0.2) is 82.0 Å². The Morgan fingerprint density at radius 2 is 1.57 bits per heavy atom. The van der Waals surface area contributed by atoms with Gasteiger partial charge in [-0.25, -0.2) is 4.79 Å². The predicted octanol–water partition coefficient (Wildman–Crippen LogP) is 7.21. The van der Waals surface area contributed by atoms with Gasteiger partial charge in [-0.15, -0.1) is 0 Å². The lowest BCUT2D eigenvalue weighted by Crippen LogP contribution is -2.42. The largest absolute Gasteiger partial charge is 0.478 e. The second-order valence-electron chi connectivity index (χ2n) is 10.0. The number of para-hydroxylation sites is 1. The Labute approximate surface area is 209 Å². The van der Waals surface area contributed by atoms with Gasteiger partial charge in [0.15, 0.2) is 5.60 Å². The molecule has 4 rings (SSSR count). The monoisotopic (exact) mass is 489 g/mol. The molecule has 0 saturated carbocycles. The van der Waals surface area contributed by atoms with E-state index >= 15 is 0 Å². The summed E-state index contributed by atoms with van der Waals surface area (Å²) in [6.07, 6.45) is 0. The maximum atomic E-state index is 13.0. The highest BCUT2D eigenvalue weighted by Gasteiger charge is 2.30. The van der Waals surface area contributed by atoms with Crippen LogP contribution in [0.2, 0.25) is 5.02 Å². The Hall–Kier alpha value is -3.57. The van der Waals surface area contributed by atoms with E-state index < -0.39 is 11.2 Å². The van der Waals surface area contributed by atoms with Crippen LogP contribution in [0.3, 0.4) is 0 Å². The van der Waals surface area contributed by atoms with E-state index in [4.69, 9.17) is 20.8 Å². The molecule has 0 aliphatic heterocycles. The first kappa shape index (κ1) is 24.6. The first-order valence-corrected chi connectivity index (χ1v) is 11.8. The Morgan fingerprint density at radius 1 is 0.886 bits per heavy atom. The summed E-state index contributed by atoms with van der Waals surface area (Å²) in [6, 6.07) is 21.8. The second-order valence-corrected chi connectivity index (χ2v) is 10.4. The molecule has 180 valence electrons. The number of hydrogen-bond acceptors (Lipinski definition) is 4. The molecule has 0 aliphatic rings. The van der Waals surface area contributed by atoms with Crippen LogP contribution >= 0.6 is 11.6 Å². The summed E-state index contributed by atoms with van der Waals surface area (Å²) < 4.78 is 11.4. The lowest BCUT2D eigenvalue weighted by Gasteiger charge is -2.26. The number of ether oxygens (including phenoxy) is 1. The van der Waals surface area contributed by atoms with Crippen LogP contribution in [0.25, 0.3) is 22.1 Å². The van der Waals surface area contributed by atoms with Gasteiger partial charge in [0.05, 0.1) is 10.6 Å². The molecule has 1 heterocycles. The van der Waals surface area contributed by atoms with Gasteiger partial charge in [0.1, 0.15) is 11.3 Å². The molecule has 1 amide bonds. The molecule has 1 aromatic heterocycles. The Bertz CT molecular complexity index is 1450. The van der Waals surface area contributed by atoms with Crippen LogP contribution in [0, 0.1) is 0 Å². The Morgan fingerprint density at radius 3 is 2.23 bits per heavy atom. The van der Waals surface area contributed by atoms with Gasteiger partial charge in [0.25, 0.3) is 5.91 Å². The maximum Gasteiger partial charge on any atom is 0.344 e. The molecule has 0 spiro atoms. The minimum absolute atomic E-state index is 0.0324. The maximum absolute atomic E-state index is 13.0. The lowest BCUT2D eigenvalue weighted by molar-refractivity contribution is -0.128. The molecular weight excluding hydrogens is 462 g/mol. The number of benzene rings is 3. The molecule has 0 saturated heterocycles. The van der Waals surface area contributed by atoms with Crippen molar-refractivity contribution in [3.63, 3.8) is 0 Å². The average molecular weight is 490 g/mol. The van der Waals surface area contributed by atoms with Gasteiger partial charge in [0, 0.05) is 16.6 Å². The molecule has 0 bridgehead atoms. The summed E-state index contributed by atoms with van der Waals surface area (Å²) in [6.45, 7) is 9.84. The molecule has 0 fully saturated rings. The number of amides is 1. The number of fused-ring (bicyclic) bond motifs is 1. The van der Waals surface area contributed by atoms with Gasteiger partial charge >= 0.3 is 5.63 Å². The summed E-state index contributed by atoms with van der Waals surface area (Å²) >= 11 is 6.50. The zero-order valence-electron chi connectivity index (χ0n) is 20.4. The van der Waals surface area contributed by atoms with E-state index in [1.54, 1.807) is 44.2 Å². The smallest absolute Gasteiger partial charge is 0.344 e. The molecule has 3 aromatic carbocycles. The van der Waals surface area contributed by atoms with Gasteiger partial charge in [-0.3, -0.25) is 4.79 Å². The number of carbonyl (C=O) groups is 1. The van der Waals surface area contributed by atoms with Gasteiger partial charge in [-0.2, -0.15) is 0 Å². The van der Waals surface area contributed by atoms with Crippen LogP contribution in [0.1, 0.15) is 40.2 Å². The standard InChI is InChI=1S/C29H28ClNO4/c1-28(2,3)19-10-13-21(14-11-19)35-29(4,5)27(33)31-20-12-15-22(24(30)17-20)23-16-18-8-6-7-9-25(18)34-26(23)32/h6-17H,1-5H3,(H,31,33). The average Bonchev–Trinajstić information content (AvgIpc) is 2.78. The van der Waals surface area contributed by atoms with Crippen molar-refractivity contribution >= 4 is 34.2 Å². The minimum atomic E-state index is -1.13. The molecule has 1 N–H and O–H groups in total. The molecule has 0 atom stereocenters. The van der Waals surface area contributed by atoms with Crippen LogP contribution in [0.4, 0.5) is 5.69 Å². The number of rotatable bonds is 5. The third-order valence-corrected chi connectivity index (χ3v) is 6.11. The fraction of sp³-hybridized carbons (Fsp3) is 0.241. The van der Waals surface area contributed by atoms with E-state index in [9.17, 15) is 9.59 Å². The molecule has 4 aromatic rings. The predicted molar refractivity (Wildman–Crippen MR) is 141 cm³/mol.